The van der Waals surface area contributed by atoms with E-state index in [0.29, 0.717) is 25.0 Å². The first-order valence-corrected chi connectivity index (χ1v) is 8.95. The zero-order valence-electron chi connectivity index (χ0n) is 15.2. The lowest BCUT2D eigenvalue weighted by Crippen LogP contribution is -2.51. The van der Waals surface area contributed by atoms with Gasteiger partial charge in [-0.1, -0.05) is 30.3 Å². The first-order valence-electron chi connectivity index (χ1n) is 8.95. The lowest BCUT2D eigenvalue weighted by Gasteiger charge is -2.36. The van der Waals surface area contributed by atoms with Crippen LogP contribution >= 0.6 is 0 Å². The number of aliphatic hydroxyl groups is 2. The Morgan fingerprint density at radius 3 is 2.26 bits per heavy atom. The summed E-state index contributed by atoms with van der Waals surface area (Å²) in [6, 6.07) is 16.0. The highest BCUT2D eigenvalue weighted by Gasteiger charge is 2.40. The quantitative estimate of drug-likeness (QED) is 0.757. The van der Waals surface area contributed by atoms with Gasteiger partial charge in [-0.15, -0.1) is 0 Å². The molecule has 0 heterocycles. The van der Waals surface area contributed by atoms with Crippen molar-refractivity contribution < 1.29 is 29.2 Å². The Kier molecular flexibility index (Phi) is 6.45. The van der Waals surface area contributed by atoms with Crippen LogP contribution in [0.3, 0.4) is 0 Å². The maximum Gasteiger partial charge on any atom is 0.338 e. The summed E-state index contributed by atoms with van der Waals surface area (Å²) in [6.07, 6.45) is -2.68. The van der Waals surface area contributed by atoms with Crippen LogP contribution in [-0.4, -0.2) is 47.7 Å². The van der Waals surface area contributed by atoms with Gasteiger partial charge in [0.25, 0.3) is 0 Å². The summed E-state index contributed by atoms with van der Waals surface area (Å²) in [7, 11) is 1.60. The lowest BCUT2D eigenvalue weighted by molar-refractivity contribution is -0.158. The molecule has 2 N–H and O–H groups in total. The van der Waals surface area contributed by atoms with Crippen molar-refractivity contribution in [2.45, 2.75) is 43.9 Å². The molecule has 144 valence electrons. The Morgan fingerprint density at radius 1 is 0.963 bits per heavy atom. The minimum absolute atomic E-state index is 0.312. The Labute approximate surface area is 158 Å². The average molecular weight is 372 g/mol. The molecule has 3 rings (SSSR count). The normalized spacial score (nSPS) is 25.0. The third kappa shape index (κ3) is 4.86. The second-order valence-corrected chi connectivity index (χ2v) is 6.57. The van der Waals surface area contributed by atoms with E-state index in [9.17, 15) is 15.0 Å². The number of aliphatic hydroxyl groups excluding tert-OH is 2. The van der Waals surface area contributed by atoms with E-state index in [1.165, 1.54) is 0 Å². The van der Waals surface area contributed by atoms with Gasteiger partial charge in [-0.25, -0.2) is 4.79 Å². The van der Waals surface area contributed by atoms with E-state index in [1.54, 1.807) is 37.4 Å². The Balaban J connectivity index is 1.52. The van der Waals surface area contributed by atoms with E-state index >= 15 is 0 Å². The van der Waals surface area contributed by atoms with Crippen LogP contribution in [0.15, 0.2) is 54.6 Å². The number of esters is 1. The van der Waals surface area contributed by atoms with Crippen molar-refractivity contribution in [3.05, 3.63) is 65.7 Å². The molecule has 2 aromatic rings. The molecule has 1 aliphatic rings. The zero-order valence-corrected chi connectivity index (χ0v) is 15.2. The van der Waals surface area contributed by atoms with Crippen molar-refractivity contribution in [2.75, 3.05) is 7.11 Å². The maximum absolute atomic E-state index is 12.2. The number of hydrogen-bond donors (Lipinski definition) is 2. The van der Waals surface area contributed by atoms with Crippen molar-refractivity contribution >= 4 is 5.97 Å². The van der Waals surface area contributed by atoms with Crippen LogP contribution in [0.5, 0.6) is 5.75 Å². The molecule has 1 aliphatic carbocycles. The Hall–Kier alpha value is -2.41. The van der Waals surface area contributed by atoms with Gasteiger partial charge in [0.05, 0.1) is 25.4 Å². The fourth-order valence-corrected chi connectivity index (χ4v) is 3.13. The second-order valence-electron chi connectivity index (χ2n) is 6.57. The van der Waals surface area contributed by atoms with Gasteiger partial charge in [0.15, 0.2) is 0 Å². The summed E-state index contributed by atoms with van der Waals surface area (Å²) in [6.45, 7) is 0.312. The van der Waals surface area contributed by atoms with Crippen LogP contribution < -0.4 is 4.74 Å². The second kappa shape index (κ2) is 8.99. The third-order valence-electron chi connectivity index (χ3n) is 4.74. The standard InChI is InChI=1S/C21H24O6/c1-25-16-9-7-14(8-10-16)13-26-17-11-12-18(20(23)19(17)22)27-21(24)15-5-3-2-4-6-15/h2-10,17-20,22-23H,11-13H2,1H3/t17-,18-,19-,20+/m0/s1. The molecule has 0 bridgehead atoms. The van der Waals surface area contributed by atoms with Crippen molar-refractivity contribution in [1.82, 2.24) is 0 Å². The molecule has 1 saturated carbocycles. The van der Waals surface area contributed by atoms with E-state index in [1.807, 2.05) is 24.3 Å². The topological polar surface area (TPSA) is 85.2 Å². The number of benzene rings is 2. The number of rotatable bonds is 6. The summed E-state index contributed by atoms with van der Waals surface area (Å²) in [5.74, 6) is 0.249. The van der Waals surface area contributed by atoms with Gasteiger partial charge in [0, 0.05) is 0 Å². The number of carbonyl (C=O) groups excluding carboxylic acids is 1. The first-order chi connectivity index (χ1) is 13.1. The SMILES string of the molecule is COc1ccc(CO[C@H]2CC[C@H](OC(=O)c3ccccc3)[C@@H](O)[C@H]2O)cc1. The third-order valence-corrected chi connectivity index (χ3v) is 4.74. The van der Waals surface area contributed by atoms with Gasteiger partial charge in [-0.3, -0.25) is 0 Å². The van der Waals surface area contributed by atoms with Crippen LogP contribution in [0.4, 0.5) is 0 Å². The van der Waals surface area contributed by atoms with E-state index < -0.39 is 30.4 Å². The summed E-state index contributed by atoms with van der Waals surface area (Å²) >= 11 is 0. The molecule has 0 unspecified atom stereocenters. The minimum atomic E-state index is -1.19. The highest BCUT2D eigenvalue weighted by atomic mass is 16.6. The zero-order chi connectivity index (χ0) is 19.2. The number of ether oxygens (including phenoxy) is 3. The smallest absolute Gasteiger partial charge is 0.338 e. The molecule has 0 radical (unpaired) electrons. The minimum Gasteiger partial charge on any atom is -0.497 e. The molecule has 4 atom stereocenters. The fraction of sp³-hybridized carbons (Fsp3) is 0.381. The Bertz CT molecular complexity index is 730. The number of hydrogen-bond acceptors (Lipinski definition) is 6. The highest BCUT2D eigenvalue weighted by molar-refractivity contribution is 5.89. The van der Waals surface area contributed by atoms with Crippen LogP contribution in [0.25, 0.3) is 0 Å². The summed E-state index contributed by atoms with van der Waals surface area (Å²) < 4.78 is 16.3. The monoisotopic (exact) mass is 372 g/mol. The van der Waals surface area contributed by atoms with Crippen LogP contribution in [0.1, 0.15) is 28.8 Å². The van der Waals surface area contributed by atoms with Gasteiger partial charge in [0.2, 0.25) is 0 Å². The molecule has 1 fully saturated rings. The van der Waals surface area contributed by atoms with Gasteiger partial charge < -0.3 is 24.4 Å². The molecule has 27 heavy (non-hydrogen) atoms. The molecule has 0 amide bonds. The van der Waals surface area contributed by atoms with E-state index in [4.69, 9.17) is 14.2 Å². The van der Waals surface area contributed by atoms with Gasteiger partial charge in [-0.05, 0) is 42.7 Å². The van der Waals surface area contributed by atoms with Gasteiger partial charge >= 0.3 is 5.97 Å². The van der Waals surface area contributed by atoms with E-state index in [-0.39, 0.29) is 0 Å². The summed E-state index contributed by atoms with van der Waals surface area (Å²) in [4.78, 5) is 12.2. The molecule has 0 aliphatic heterocycles. The van der Waals surface area contributed by atoms with Crippen LogP contribution in [0.2, 0.25) is 0 Å². The fourth-order valence-electron chi connectivity index (χ4n) is 3.13. The molecule has 6 nitrogen and oxygen atoms in total. The predicted molar refractivity (Wildman–Crippen MR) is 98.5 cm³/mol. The molecule has 2 aromatic carbocycles. The first kappa shape index (κ1) is 19.4. The molecular weight excluding hydrogens is 348 g/mol. The highest BCUT2D eigenvalue weighted by Crippen LogP contribution is 2.26. The Morgan fingerprint density at radius 2 is 1.59 bits per heavy atom. The van der Waals surface area contributed by atoms with Crippen molar-refractivity contribution in [3.63, 3.8) is 0 Å². The largest absolute Gasteiger partial charge is 0.497 e. The summed E-state index contributed by atoms with van der Waals surface area (Å²) in [5.41, 5.74) is 1.35. The number of methoxy groups -OCH3 is 1. The van der Waals surface area contributed by atoms with Crippen LogP contribution in [-0.2, 0) is 16.1 Å². The molecule has 0 spiro atoms. The van der Waals surface area contributed by atoms with Crippen molar-refractivity contribution in [2.24, 2.45) is 0 Å². The molecule has 6 heteroatoms. The van der Waals surface area contributed by atoms with Crippen molar-refractivity contribution in [3.8, 4) is 5.75 Å². The van der Waals surface area contributed by atoms with Crippen molar-refractivity contribution in [1.29, 1.82) is 0 Å². The van der Waals surface area contributed by atoms with E-state index in [0.717, 1.165) is 11.3 Å². The molecule has 0 aromatic heterocycles. The van der Waals surface area contributed by atoms with E-state index in [2.05, 4.69) is 0 Å². The average Bonchev–Trinajstić information content (AvgIpc) is 2.72. The predicted octanol–water partition coefficient (Wildman–Crippen LogP) is 2.32. The molecular formula is C21H24O6. The maximum atomic E-state index is 12.2. The van der Waals surface area contributed by atoms with Gasteiger partial charge in [-0.2, -0.15) is 0 Å². The van der Waals surface area contributed by atoms with Crippen LogP contribution in [0, 0.1) is 0 Å². The van der Waals surface area contributed by atoms with Gasteiger partial charge in [0.1, 0.15) is 24.1 Å². The lowest BCUT2D eigenvalue weighted by atomic mass is 9.89. The number of carbonyl (C=O) groups is 1. The summed E-state index contributed by atoms with van der Waals surface area (Å²) in [5, 5.41) is 20.7. The molecule has 0 saturated heterocycles.